The summed E-state index contributed by atoms with van der Waals surface area (Å²) in [5.41, 5.74) is 0.412. The average Bonchev–Trinajstić information content (AvgIpc) is 2.76. The van der Waals surface area contributed by atoms with Crippen LogP contribution in [0.1, 0.15) is 5.82 Å². The lowest BCUT2D eigenvalue weighted by Gasteiger charge is -1.97. The maximum Gasteiger partial charge on any atom is 0.271 e. The lowest BCUT2D eigenvalue weighted by atomic mass is 10.2. The highest BCUT2D eigenvalue weighted by atomic mass is 79.9. The number of non-ortho nitro benzene ring substituents is 1. The first-order valence-corrected chi connectivity index (χ1v) is 5.77. The zero-order valence-electron chi connectivity index (χ0n) is 8.26. The highest BCUT2D eigenvalue weighted by Crippen LogP contribution is 2.27. The van der Waals surface area contributed by atoms with Gasteiger partial charge >= 0.3 is 0 Å². The van der Waals surface area contributed by atoms with Gasteiger partial charge in [-0.05, 0) is 6.07 Å². The molecule has 0 bridgehead atoms. The summed E-state index contributed by atoms with van der Waals surface area (Å²) in [5, 5.41) is 14.3. The molecule has 88 valence electrons. The van der Waals surface area contributed by atoms with Crippen LogP contribution < -0.4 is 0 Å². The number of halogens is 2. The van der Waals surface area contributed by atoms with Crippen molar-refractivity contribution in [2.45, 2.75) is 5.88 Å². The third-order valence-electron chi connectivity index (χ3n) is 1.93. The molecular formula is C9H5BrClN3O3. The molecule has 0 radical (unpaired) electrons. The van der Waals surface area contributed by atoms with Crippen molar-refractivity contribution in [3.05, 3.63) is 38.6 Å². The summed E-state index contributed by atoms with van der Waals surface area (Å²) in [7, 11) is 0. The SMILES string of the molecule is O=[N+]([O-])c1cc(Br)cc(-c2nc(CCl)no2)c1. The first-order chi connectivity index (χ1) is 8.10. The third kappa shape index (κ3) is 2.62. The fourth-order valence-electron chi connectivity index (χ4n) is 1.23. The predicted molar refractivity (Wildman–Crippen MR) is 63.6 cm³/mol. The third-order valence-corrected chi connectivity index (χ3v) is 2.62. The quantitative estimate of drug-likeness (QED) is 0.493. The number of alkyl halides is 1. The van der Waals surface area contributed by atoms with Crippen LogP contribution in [0.4, 0.5) is 5.69 Å². The first kappa shape index (κ1) is 12.0. The van der Waals surface area contributed by atoms with Gasteiger partial charge in [0.25, 0.3) is 11.6 Å². The van der Waals surface area contributed by atoms with E-state index < -0.39 is 4.92 Å². The van der Waals surface area contributed by atoms with Crippen LogP contribution in [0.25, 0.3) is 11.5 Å². The topological polar surface area (TPSA) is 82.1 Å². The van der Waals surface area contributed by atoms with Gasteiger partial charge in [-0.25, -0.2) is 0 Å². The van der Waals surface area contributed by atoms with Gasteiger partial charge in [-0.1, -0.05) is 21.1 Å². The van der Waals surface area contributed by atoms with E-state index in [0.29, 0.717) is 15.9 Å². The monoisotopic (exact) mass is 317 g/mol. The molecule has 1 aromatic heterocycles. The molecule has 2 aromatic rings. The van der Waals surface area contributed by atoms with Gasteiger partial charge in [-0.15, -0.1) is 11.6 Å². The molecule has 17 heavy (non-hydrogen) atoms. The van der Waals surface area contributed by atoms with Crippen molar-refractivity contribution in [3.63, 3.8) is 0 Å². The molecular weight excluding hydrogens is 313 g/mol. The van der Waals surface area contributed by atoms with Gasteiger partial charge in [0.15, 0.2) is 5.82 Å². The second kappa shape index (κ2) is 4.80. The molecule has 0 saturated carbocycles. The summed E-state index contributed by atoms with van der Waals surface area (Å²) >= 11 is 8.72. The highest BCUT2D eigenvalue weighted by molar-refractivity contribution is 9.10. The molecule has 0 saturated heterocycles. The first-order valence-electron chi connectivity index (χ1n) is 4.44. The van der Waals surface area contributed by atoms with E-state index in [0.717, 1.165) is 0 Å². The predicted octanol–water partition coefficient (Wildman–Crippen LogP) is 3.15. The summed E-state index contributed by atoms with van der Waals surface area (Å²) in [6.07, 6.45) is 0. The van der Waals surface area contributed by atoms with E-state index in [1.54, 1.807) is 6.07 Å². The Morgan fingerprint density at radius 2 is 2.24 bits per heavy atom. The van der Waals surface area contributed by atoms with Crippen molar-refractivity contribution in [1.82, 2.24) is 10.1 Å². The molecule has 1 aromatic carbocycles. The van der Waals surface area contributed by atoms with Crippen LogP contribution in [0, 0.1) is 10.1 Å². The van der Waals surface area contributed by atoms with Crippen LogP contribution in [0.5, 0.6) is 0 Å². The van der Waals surface area contributed by atoms with E-state index in [2.05, 4.69) is 26.1 Å². The number of nitro benzene ring substituents is 1. The Morgan fingerprint density at radius 1 is 1.47 bits per heavy atom. The second-order valence-electron chi connectivity index (χ2n) is 3.10. The van der Waals surface area contributed by atoms with E-state index in [4.69, 9.17) is 16.1 Å². The molecule has 6 nitrogen and oxygen atoms in total. The smallest absolute Gasteiger partial charge is 0.271 e. The lowest BCUT2D eigenvalue weighted by molar-refractivity contribution is -0.384. The number of hydrogen-bond donors (Lipinski definition) is 0. The molecule has 0 amide bonds. The fourth-order valence-corrected chi connectivity index (χ4v) is 1.82. The van der Waals surface area contributed by atoms with E-state index in [1.807, 2.05) is 0 Å². The fraction of sp³-hybridized carbons (Fsp3) is 0.111. The summed E-state index contributed by atoms with van der Waals surface area (Å²) in [4.78, 5) is 14.2. The molecule has 0 unspecified atom stereocenters. The van der Waals surface area contributed by atoms with Gasteiger partial charge in [0.1, 0.15) is 0 Å². The maximum atomic E-state index is 10.7. The maximum absolute atomic E-state index is 10.7. The van der Waals surface area contributed by atoms with Crippen molar-refractivity contribution < 1.29 is 9.45 Å². The minimum atomic E-state index is -0.493. The van der Waals surface area contributed by atoms with E-state index in [1.165, 1.54) is 12.1 Å². The molecule has 2 rings (SSSR count). The van der Waals surface area contributed by atoms with Crippen LogP contribution in [0.2, 0.25) is 0 Å². The number of hydrogen-bond acceptors (Lipinski definition) is 5. The Kier molecular flexibility index (Phi) is 3.39. The van der Waals surface area contributed by atoms with E-state index in [9.17, 15) is 10.1 Å². The average molecular weight is 319 g/mol. The molecule has 0 N–H and O–H groups in total. The van der Waals surface area contributed by atoms with Crippen LogP contribution in [0.3, 0.4) is 0 Å². The highest BCUT2D eigenvalue weighted by Gasteiger charge is 2.14. The minimum absolute atomic E-state index is 0.0556. The Morgan fingerprint density at radius 3 is 2.82 bits per heavy atom. The number of nitro groups is 1. The zero-order chi connectivity index (χ0) is 12.4. The van der Waals surface area contributed by atoms with Gasteiger partial charge in [-0.3, -0.25) is 10.1 Å². The Labute approximate surface area is 109 Å². The van der Waals surface area contributed by atoms with Gasteiger partial charge in [0, 0.05) is 22.2 Å². The van der Waals surface area contributed by atoms with Gasteiger partial charge in [0.2, 0.25) is 0 Å². The van der Waals surface area contributed by atoms with Gasteiger partial charge < -0.3 is 4.52 Å². The molecule has 0 atom stereocenters. The summed E-state index contributed by atoms with van der Waals surface area (Å²) < 4.78 is 5.50. The van der Waals surface area contributed by atoms with Crippen molar-refractivity contribution in [2.75, 3.05) is 0 Å². The number of nitrogens with zero attached hydrogens (tertiary/aromatic N) is 3. The molecule has 0 fully saturated rings. The van der Waals surface area contributed by atoms with Crippen LogP contribution in [-0.2, 0) is 5.88 Å². The van der Waals surface area contributed by atoms with E-state index in [-0.39, 0.29) is 17.5 Å². The summed E-state index contributed by atoms with van der Waals surface area (Å²) in [6, 6.07) is 4.40. The Bertz CT molecular complexity index is 572. The zero-order valence-corrected chi connectivity index (χ0v) is 10.6. The minimum Gasteiger partial charge on any atom is -0.334 e. The molecule has 0 aliphatic rings. The summed E-state index contributed by atoms with van der Waals surface area (Å²) in [5.74, 6) is 0.661. The number of rotatable bonds is 3. The lowest BCUT2D eigenvalue weighted by Crippen LogP contribution is -1.89. The van der Waals surface area contributed by atoms with E-state index >= 15 is 0 Å². The van der Waals surface area contributed by atoms with Gasteiger partial charge in [-0.2, -0.15) is 4.98 Å². The van der Waals surface area contributed by atoms with Crippen molar-refractivity contribution >= 4 is 33.2 Å². The Balaban J connectivity index is 2.47. The molecule has 0 aliphatic carbocycles. The van der Waals surface area contributed by atoms with Crippen molar-refractivity contribution in [3.8, 4) is 11.5 Å². The second-order valence-corrected chi connectivity index (χ2v) is 4.29. The van der Waals surface area contributed by atoms with Gasteiger partial charge in [0.05, 0.1) is 10.8 Å². The van der Waals surface area contributed by atoms with Crippen LogP contribution >= 0.6 is 27.5 Å². The largest absolute Gasteiger partial charge is 0.334 e. The van der Waals surface area contributed by atoms with Crippen LogP contribution in [0.15, 0.2) is 27.2 Å². The van der Waals surface area contributed by atoms with Crippen molar-refractivity contribution in [1.29, 1.82) is 0 Å². The van der Waals surface area contributed by atoms with Crippen molar-refractivity contribution in [2.24, 2.45) is 0 Å². The normalized spacial score (nSPS) is 10.5. The Hall–Kier alpha value is -1.47. The standard InChI is InChI=1S/C9H5BrClN3O3/c10-6-1-5(2-7(3-6)14(15)16)9-12-8(4-11)13-17-9/h1-3H,4H2. The molecule has 8 heteroatoms. The number of benzene rings is 1. The number of aromatic nitrogens is 2. The molecule has 0 spiro atoms. The van der Waals surface area contributed by atoms with Crippen LogP contribution in [-0.4, -0.2) is 15.1 Å². The molecule has 1 heterocycles. The summed E-state index contributed by atoms with van der Waals surface area (Å²) in [6.45, 7) is 0. The molecule has 0 aliphatic heterocycles.